The number of carbonyl (C=O) groups is 2. The highest BCUT2D eigenvalue weighted by atomic mass is 16.2. The molecular weight excluding hydrogens is 420 g/mol. The maximum Gasteiger partial charge on any atom is 0.230 e. The number of amides is 2. The van der Waals surface area contributed by atoms with E-state index in [9.17, 15) is 9.59 Å². The van der Waals surface area contributed by atoms with Crippen molar-refractivity contribution in [1.29, 1.82) is 0 Å². The molecule has 0 unspecified atom stereocenters. The second-order valence-corrected chi connectivity index (χ2v) is 9.44. The molecule has 0 aliphatic heterocycles. The van der Waals surface area contributed by atoms with Crippen molar-refractivity contribution < 1.29 is 9.59 Å². The first-order valence-corrected chi connectivity index (χ1v) is 12.3. The van der Waals surface area contributed by atoms with Gasteiger partial charge in [0.25, 0.3) is 0 Å². The average Bonchev–Trinajstić information content (AvgIpc) is 3.38. The Morgan fingerprint density at radius 2 is 1.62 bits per heavy atom. The van der Waals surface area contributed by atoms with Gasteiger partial charge in [-0.05, 0) is 55.5 Å². The summed E-state index contributed by atoms with van der Waals surface area (Å²) >= 11 is 0. The molecule has 4 heteroatoms. The van der Waals surface area contributed by atoms with Crippen LogP contribution in [0.2, 0.25) is 0 Å². The zero-order valence-electron chi connectivity index (χ0n) is 20.2. The second kappa shape index (κ2) is 11.1. The SMILES string of the molecule is Cc1cccc(CN(C(=O)C2CCCC2)c2ccc(CC(=O)N[C@@H](C)c3ccccc3)cc2)c1. The predicted octanol–water partition coefficient (Wildman–Crippen LogP) is 6.14. The molecule has 3 aromatic rings. The number of hydrogen-bond donors (Lipinski definition) is 1. The van der Waals surface area contributed by atoms with E-state index in [1.165, 1.54) is 5.56 Å². The van der Waals surface area contributed by atoms with Crippen molar-refractivity contribution >= 4 is 17.5 Å². The Morgan fingerprint density at radius 1 is 0.912 bits per heavy atom. The van der Waals surface area contributed by atoms with Crippen LogP contribution in [0.1, 0.15) is 60.9 Å². The van der Waals surface area contributed by atoms with Crippen molar-refractivity contribution in [3.8, 4) is 0 Å². The van der Waals surface area contributed by atoms with Crippen LogP contribution >= 0.6 is 0 Å². The summed E-state index contributed by atoms with van der Waals surface area (Å²) in [6.07, 6.45) is 4.52. The molecule has 0 aromatic heterocycles. The standard InChI is InChI=1S/C30H34N2O2/c1-22-9-8-10-25(19-22)21-32(30(34)27-13-6-7-14-27)28-17-15-24(16-18-28)20-29(33)31-23(2)26-11-4-3-5-12-26/h3-5,8-12,15-19,23,27H,6-7,13-14,20-21H2,1-2H3,(H,31,33)/t23-/m0/s1. The summed E-state index contributed by atoms with van der Waals surface area (Å²) in [6.45, 7) is 4.63. The molecule has 1 aliphatic rings. The smallest absolute Gasteiger partial charge is 0.230 e. The fourth-order valence-corrected chi connectivity index (χ4v) is 4.78. The van der Waals surface area contributed by atoms with Crippen LogP contribution in [0.5, 0.6) is 0 Å². The molecule has 3 aromatic carbocycles. The minimum atomic E-state index is -0.0400. The number of hydrogen-bond acceptors (Lipinski definition) is 2. The normalized spacial score (nSPS) is 14.5. The molecule has 2 amide bonds. The highest BCUT2D eigenvalue weighted by Gasteiger charge is 2.28. The Labute approximate surface area is 203 Å². The summed E-state index contributed by atoms with van der Waals surface area (Å²) < 4.78 is 0. The van der Waals surface area contributed by atoms with Crippen LogP contribution in [0.25, 0.3) is 0 Å². The first-order chi connectivity index (χ1) is 16.5. The predicted molar refractivity (Wildman–Crippen MR) is 137 cm³/mol. The third kappa shape index (κ3) is 6.13. The van der Waals surface area contributed by atoms with Gasteiger partial charge < -0.3 is 10.2 Å². The Morgan fingerprint density at radius 3 is 2.29 bits per heavy atom. The average molecular weight is 455 g/mol. The number of rotatable bonds is 8. The van der Waals surface area contributed by atoms with Crippen molar-refractivity contribution in [1.82, 2.24) is 5.32 Å². The largest absolute Gasteiger partial charge is 0.349 e. The lowest BCUT2D eigenvalue weighted by molar-refractivity contribution is -0.122. The van der Waals surface area contributed by atoms with Crippen LogP contribution in [0.4, 0.5) is 5.69 Å². The van der Waals surface area contributed by atoms with Crippen LogP contribution < -0.4 is 10.2 Å². The second-order valence-electron chi connectivity index (χ2n) is 9.44. The third-order valence-electron chi connectivity index (χ3n) is 6.68. The van der Waals surface area contributed by atoms with Crippen LogP contribution in [-0.4, -0.2) is 11.8 Å². The lowest BCUT2D eigenvalue weighted by atomic mass is 10.0. The summed E-state index contributed by atoms with van der Waals surface area (Å²) in [6, 6.07) is 26.1. The molecule has 1 saturated carbocycles. The van der Waals surface area contributed by atoms with Crippen LogP contribution in [0.15, 0.2) is 78.9 Å². The molecule has 1 fully saturated rings. The molecule has 1 N–H and O–H groups in total. The molecule has 4 rings (SSSR count). The molecular formula is C30H34N2O2. The van der Waals surface area contributed by atoms with E-state index in [1.54, 1.807) is 0 Å². The van der Waals surface area contributed by atoms with Gasteiger partial charge in [0.15, 0.2) is 0 Å². The topological polar surface area (TPSA) is 49.4 Å². The summed E-state index contributed by atoms with van der Waals surface area (Å²) in [5.41, 5.74) is 5.23. The van der Waals surface area contributed by atoms with E-state index >= 15 is 0 Å². The maximum atomic E-state index is 13.4. The van der Waals surface area contributed by atoms with Crippen molar-refractivity contribution in [3.63, 3.8) is 0 Å². The summed E-state index contributed by atoms with van der Waals surface area (Å²) in [7, 11) is 0. The molecule has 0 heterocycles. The zero-order valence-corrected chi connectivity index (χ0v) is 20.2. The fourth-order valence-electron chi connectivity index (χ4n) is 4.78. The van der Waals surface area contributed by atoms with Gasteiger partial charge in [0.1, 0.15) is 0 Å². The van der Waals surface area contributed by atoms with Crippen LogP contribution in [0.3, 0.4) is 0 Å². The van der Waals surface area contributed by atoms with Gasteiger partial charge in [-0.15, -0.1) is 0 Å². The molecule has 34 heavy (non-hydrogen) atoms. The summed E-state index contributed by atoms with van der Waals surface area (Å²) in [4.78, 5) is 27.9. The zero-order chi connectivity index (χ0) is 23.9. The van der Waals surface area contributed by atoms with Gasteiger partial charge in [0.05, 0.1) is 19.0 Å². The van der Waals surface area contributed by atoms with Crippen LogP contribution in [-0.2, 0) is 22.6 Å². The van der Waals surface area contributed by atoms with Gasteiger partial charge in [0.2, 0.25) is 11.8 Å². The summed E-state index contributed by atoms with van der Waals surface area (Å²) in [5.74, 6) is 0.304. The number of carbonyl (C=O) groups excluding carboxylic acids is 2. The Bertz CT molecular complexity index is 1100. The molecule has 176 valence electrons. The molecule has 0 radical (unpaired) electrons. The number of anilines is 1. The minimum Gasteiger partial charge on any atom is -0.349 e. The maximum absolute atomic E-state index is 13.4. The molecule has 4 nitrogen and oxygen atoms in total. The Balaban J connectivity index is 1.45. The van der Waals surface area contributed by atoms with Crippen LogP contribution in [0, 0.1) is 12.8 Å². The van der Waals surface area contributed by atoms with Crippen molar-refractivity contribution in [3.05, 3.63) is 101 Å². The molecule has 0 saturated heterocycles. The monoisotopic (exact) mass is 454 g/mol. The highest BCUT2D eigenvalue weighted by Crippen LogP contribution is 2.30. The van der Waals surface area contributed by atoms with Crippen molar-refractivity contribution in [2.45, 2.75) is 58.5 Å². The van der Waals surface area contributed by atoms with E-state index in [1.807, 2.05) is 72.5 Å². The van der Waals surface area contributed by atoms with E-state index in [0.29, 0.717) is 13.0 Å². The van der Waals surface area contributed by atoms with Gasteiger partial charge >= 0.3 is 0 Å². The minimum absolute atomic E-state index is 0.0113. The first-order valence-electron chi connectivity index (χ1n) is 12.3. The summed E-state index contributed by atoms with van der Waals surface area (Å²) in [5, 5.41) is 3.07. The lowest BCUT2D eigenvalue weighted by Gasteiger charge is -2.26. The van der Waals surface area contributed by atoms with Crippen molar-refractivity contribution in [2.75, 3.05) is 4.90 Å². The van der Waals surface area contributed by atoms with Gasteiger partial charge in [-0.1, -0.05) is 85.1 Å². The first kappa shape index (κ1) is 23.7. The van der Waals surface area contributed by atoms with E-state index in [-0.39, 0.29) is 23.8 Å². The van der Waals surface area contributed by atoms with Gasteiger partial charge in [-0.3, -0.25) is 9.59 Å². The Kier molecular flexibility index (Phi) is 7.79. The molecule has 1 aliphatic carbocycles. The van der Waals surface area contributed by atoms with E-state index in [2.05, 4.69) is 30.4 Å². The van der Waals surface area contributed by atoms with E-state index < -0.39 is 0 Å². The van der Waals surface area contributed by atoms with E-state index in [4.69, 9.17) is 0 Å². The molecule has 1 atom stereocenters. The van der Waals surface area contributed by atoms with E-state index in [0.717, 1.165) is 48.1 Å². The molecule has 0 bridgehead atoms. The van der Waals surface area contributed by atoms with Gasteiger partial charge in [-0.25, -0.2) is 0 Å². The fraction of sp³-hybridized carbons (Fsp3) is 0.333. The molecule has 0 spiro atoms. The quantitative estimate of drug-likeness (QED) is 0.445. The van der Waals surface area contributed by atoms with Crippen molar-refractivity contribution in [2.24, 2.45) is 5.92 Å². The number of nitrogens with zero attached hydrogens (tertiary/aromatic N) is 1. The lowest BCUT2D eigenvalue weighted by Crippen LogP contribution is -2.35. The Hall–Kier alpha value is -3.40. The van der Waals surface area contributed by atoms with Gasteiger partial charge in [-0.2, -0.15) is 0 Å². The number of aryl methyl sites for hydroxylation is 1. The third-order valence-corrected chi connectivity index (χ3v) is 6.68. The highest BCUT2D eigenvalue weighted by molar-refractivity contribution is 5.95. The van der Waals surface area contributed by atoms with Gasteiger partial charge in [0, 0.05) is 11.6 Å². The number of benzene rings is 3. The number of nitrogens with one attached hydrogen (secondary N) is 1.